The van der Waals surface area contributed by atoms with Gasteiger partial charge in [0.25, 0.3) is 5.91 Å². The van der Waals surface area contributed by atoms with E-state index in [1.807, 2.05) is 0 Å². The van der Waals surface area contributed by atoms with Gasteiger partial charge >= 0.3 is 0 Å². The number of amides is 2. The zero-order valence-corrected chi connectivity index (χ0v) is 10.1. The van der Waals surface area contributed by atoms with E-state index in [0.29, 0.717) is 18.5 Å². The summed E-state index contributed by atoms with van der Waals surface area (Å²) in [4.78, 5) is 22.4. The fourth-order valence-electron chi connectivity index (χ4n) is 1.44. The van der Waals surface area contributed by atoms with E-state index >= 15 is 0 Å². The van der Waals surface area contributed by atoms with Gasteiger partial charge in [-0.05, 0) is 38.2 Å². The Bertz CT molecular complexity index is 449. The van der Waals surface area contributed by atoms with Crippen molar-refractivity contribution in [2.45, 2.75) is 12.8 Å². The van der Waals surface area contributed by atoms with Gasteiger partial charge in [0, 0.05) is 12.1 Å². The summed E-state index contributed by atoms with van der Waals surface area (Å²) in [5, 5.41) is 5.51. The molecule has 1 aromatic rings. The first kappa shape index (κ1) is 14.1. The summed E-state index contributed by atoms with van der Waals surface area (Å²) in [6.45, 7) is 0.739. The van der Waals surface area contributed by atoms with E-state index in [1.54, 1.807) is 7.05 Å². The number of halogens is 1. The molecule has 0 spiro atoms. The highest BCUT2D eigenvalue weighted by molar-refractivity contribution is 5.96. The fourth-order valence-corrected chi connectivity index (χ4v) is 1.44. The van der Waals surface area contributed by atoms with E-state index in [4.69, 9.17) is 5.73 Å². The van der Waals surface area contributed by atoms with Crippen LogP contribution in [0, 0.1) is 5.82 Å². The molecule has 0 heterocycles. The summed E-state index contributed by atoms with van der Waals surface area (Å²) < 4.78 is 13.2. The van der Waals surface area contributed by atoms with Crippen molar-refractivity contribution in [1.29, 1.82) is 0 Å². The first-order valence-corrected chi connectivity index (χ1v) is 5.58. The Morgan fingerprint density at radius 2 is 2.11 bits per heavy atom. The van der Waals surface area contributed by atoms with Gasteiger partial charge in [-0.2, -0.15) is 0 Å². The van der Waals surface area contributed by atoms with Crippen LogP contribution in [0.25, 0.3) is 0 Å². The molecule has 98 valence electrons. The lowest BCUT2D eigenvalue weighted by molar-refractivity contribution is -0.116. The molecule has 1 aromatic carbocycles. The summed E-state index contributed by atoms with van der Waals surface area (Å²) in [6.07, 6.45) is 1.05. The molecular formula is C12H16FN3O2. The SMILES string of the molecule is CNCCCC(=O)Nc1ccc(F)c(C(N)=O)c1. The molecule has 0 aliphatic heterocycles. The minimum atomic E-state index is -0.862. The van der Waals surface area contributed by atoms with Gasteiger partial charge < -0.3 is 16.4 Å². The van der Waals surface area contributed by atoms with Crippen LogP contribution in [-0.4, -0.2) is 25.4 Å². The summed E-state index contributed by atoms with van der Waals surface area (Å²) in [6, 6.07) is 3.72. The molecule has 0 aromatic heterocycles. The molecular weight excluding hydrogens is 237 g/mol. The Labute approximate surface area is 105 Å². The van der Waals surface area contributed by atoms with Gasteiger partial charge in [-0.1, -0.05) is 0 Å². The predicted octanol–water partition coefficient (Wildman–Crippen LogP) is 0.863. The quantitative estimate of drug-likeness (QED) is 0.657. The third kappa shape index (κ3) is 4.14. The van der Waals surface area contributed by atoms with Crippen molar-refractivity contribution < 1.29 is 14.0 Å². The zero-order valence-electron chi connectivity index (χ0n) is 10.1. The molecule has 1 rings (SSSR count). The standard InChI is InChI=1S/C12H16FN3O2/c1-15-6-2-3-11(17)16-8-4-5-10(13)9(7-8)12(14)18/h4-5,7,15H,2-3,6H2,1H3,(H2,14,18)(H,16,17). The number of nitrogens with one attached hydrogen (secondary N) is 2. The fraction of sp³-hybridized carbons (Fsp3) is 0.333. The van der Waals surface area contributed by atoms with E-state index in [-0.39, 0.29) is 11.5 Å². The van der Waals surface area contributed by atoms with Crippen molar-refractivity contribution in [2.24, 2.45) is 5.73 Å². The number of carbonyl (C=O) groups is 2. The minimum Gasteiger partial charge on any atom is -0.366 e. The van der Waals surface area contributed by atoms with Crippen LogP contribution >= 0.6 is 0 Å². The van der Waals surface area contributed by atoms with Crippen molar-refractivity contribution in [3.63, 3.8) is 0 Å². The van der Waals surface area contributed by atoms with Gasteiger partial charge in [0.15, 0.2) is 0 Å². The molecule has 0 atom stereocenters. The average molecular weight is 253 g/mol. The van der Waals surface area contributed by atoms with Crippen LogP contribution in [0.3, 0.4) is 0 Å². The van der Waals surface area contributed by atoms with Crippen LogP contribution in [0.15, 0.2) is 18.2 Å². The topological polar surface area (TPSA) is 84.2 Å². The van der Waals surface area contributed by atoms with Crippen LogP contribution in [0.5, 0.6) is 0 Å². The van der Waals surface area contributed by atoms with Crippen molar-refractivity contribution in [1.82, 2.24) is 5.32 Å². The van der Waals surface area contributed by atoms with Gasteiger partial charge in [-0.15, -0.1) is 0 Å². The number of carbonyl (C=O) groups excluding carboxylic acids is 2. The Kier molecular flexibility index (Phi) is 5.26. The van der Waals surface area contributed by atoms with Crippen LogP contribution in [0.2, 0.25) is 0 Å². The molecule has 5 nitrogen and oxygen atoms in total. The maximum Gasteiger partial charge on any atom is 0.251 e. The number of primary amides is 1. The maximum atomic E-state index is 13.2. The highest BCUT2D eigenvalue weighted by atomic mass is 19.1. The van der Waals surface area contributed by atoms with E-state index in [2.05, 4.69) is 10.6 Å². The number of rotatable bonds is 6. The van der Waals surface area contributed by atoms with Crippen molar-refractivity contribution in [3.05, 3.63) is 29.6 Å². The molecule has 0 radical (unpaired) electrons. The Morgan fingerprint density at radius 3 is 2.72 bits per heavy atom. The monoisotopic (exact) mass is 253 g/mol. The molecule has 0 aliphatic rings. The predicted molar refractivity (Wildman–Crippen MR) is 66.7 cm³/mol. The lowest BCUT2D eigenvalue weighted by Gasteiger charge is -2.07. The van der Waals surface area contributed by atoms with Crippen molar-refractivity contribution >= 4 is 17.5 Å². The number of nitrogens with two attached hydrogens (primary N) is 1. The van der Waals surface area contributed by atoms with Gasteiger partial charge in [0.2, 0.25) is 5.91 Å². The van der Waals surface area contributed by atoms with E-state index in [0.717, 1.165) is 12.6 Å². The minimum absolute atomic E-state index is 0.188. The molecule has 4 N–H and O–H groups in total. The largest absolute Gasteiger partial charge is 0.366 e. The van der Waals surface area contributed by atoms with Crippen LogP contribution in [-0.2, 0) is 4.79 Å². The van der Waals surface area contributed by atoms with Crippen LogP contribution in [0.4, 0.5) is 10.1 Å². The third-order valence-corrected chi connectivity index (χ3v) is 2.35. The number of benzene rings is 1. The van der Waals surface area contributed by atoms with Gasteiger partial charge in [-0.25, -0.2) is 4.39 Å². The molecule has 0 fully saturated rings. The lowest BCUT2D eigenvalue weighted by Crippen LogP contribution is -2.17. The molecule has 6 heteroatoms. The van der Waals surface area contributed by atoms with Crippen molar-refractivity contribution in [3.8, 4) is 0 Å². The summed E-state index contributed by atoms with van der Waals surface area (Å²) in [5.41, 5.74) is 5.14. The number of hydrogen-bond acceptors (Lipinski definition) is 3. The Balaban J connectivity index is 2.65. The van der Waals surface area contributed by atoms with Gasteiger partial charge in [0.1, 0.15) is 5.82 Å². The molecule has 0 unspecified atom stereocenters. The van der Waals surface area contributed by atoms with Crippen LogP contribution < -0.4 is 16.4 Å². The number of hydrogen-bond donors (Lipinski definition) is 3. The molecule has 2 amide bonds. The van der Waals surface area contributed by atoms with Gasteiger partial charge in [-0.3, -0.25) is 9.59 Å². The smallest absolute Gasteiger partial charge is 0.251 e. The molecule has 0 bridgehead atoms. The van der Waals surface area contributed by atoms with Gasteiger partial charge in [0.05, 0.1) is 5.56 Å². The average Bonchev–Trinajstić information content (AvgIpc) is 2.31. The second-order valence-electron chi connectivity index (χ2n) is 3.81. The van der Waals surface area contributed by atoms with Crippen LogP contribution in [0.1, 0.15) is 23.2 Å². The third-order valence-electron chi connectivity index (χ3n) is 2.35. The highest BCUT2D eigenvalue weighted by Crippen LogP contribution is 2.14. The molecule has 0 saturated carbocycles. The highest BCUT2D eigenvalue weighted by Gasteiger charge is 2.10. The summed E-state index contributed by atoms with van der Waals surface area (Å²) in [5.74, 6) is -1.75. The summed E-state index contributed by atoms with van der Waals surface area (Å²) in [7, 11) is 1.80. The summed E-state index contributed by atoms with van der Waals surface area (Å²) >= 11 is 0. The van der Waals surface area contributed by atoms with E-state index < -0.39 is 11.7 Å². The lowest BCUT2D eigenvalue weighted by atomic mass is 10.1. The normalized spacial score (nSPS) is 10.1. The van der Waals surface area contributed by atoms with E-state index in [1.165, 1.54) is 12.1 Å². The van der Waals surface area contributed by atoms with E-state index in [9.17, 15) is 14.0 Å². The molecule has 0 aliphatic carbocycles. The first-order valence-electron chi connectivity index (χ1n) is 5.58. The second-order valence-corrected chi connectivity index (χ2v) is 3.81. The second kappa shape index (κ2) is 6.70. The zero-order chi connectivity index (χ0) is 13.5. The Morgan fingerprint density at radius 1 is 1.39 bits per heavy atom. The first-order chi connectivity index (χ1) is 8.54. The Hall–Kier alpha value is -1.95. The molecule has 18 heavy (non-hydrogen) atoms. The molecule has 0 saturated heterocycles. The number of anilines is 1. The maximum absolute atomic E-state index is 13.2. The van der Waals surface area contributed by atoms with Crippen molar-refractivity contribution in [2.75, 3.05) is 18.9 Å².